The Hall–Kier alpha value is 0. The molecule has 58 valence electrons. The monoisotopic (exact) mass is 138 g/mol. The first-order valence-electron chi connectivity index (χ1n) is 4.95. The van der Waals surface area contributed by atoms with E-state index >= 15 is 0 Å². The largest absolute Gasteiger partial charge is 0.0528 e. The van der Waals surface area contributed by atoms with Gasteiger partial charge in [-0.25, -0.2) is 0 Å². The summed E-state index contributed by atoms with van der Waals surface area (Å²) in [6, 6.07) is 0. The molecule has 0 aromatic heterocycles. The summed E-state index contributed by atoms with van der Waals surface area (Å²) in [6.07, 6.45) is 12.3. The SMILES string of the molecule is C1CC(CCCC2CC2)C1. The second-order valence-electron chi connectivity index (χ2n) is 4.17. The van der Waals surface area contributed by atoms with Crippen molar-refractivity contribution >= 4 is 0 Å². The van der Waals surface area contributed by atoms with Gasteiger partial charge in [0.2, 0.25) is 0 Å². The van der Waals surface area contributed by atoms with Crippen LogP contribution in [0.4, 0.5) is 0 Å². The Morgan fingerprint density at radius 3 is 1.80 bits per heavy atom. The van der Waals surface area contributed by atoms with Gasteiger partial charge in [-0.2, -0.15) is 0 Å². The van der Waals surface area contributed by atoms with Gasteiger partial charge in [-0.15, -0.1) is 0 Å². The number of hydrogen-bond donors (Lipinski definition) is 0. The summed E-state index contributed by atoms with van der Waals surface area (Å²) in [5.41, 5.74) is 0. The zero-order valence-corrected chi connectivity index (χ0v) is 6.81. The smallest absolute Gasteiger partial charge is 0.0414 e. The zero-order chi connectivity index (χ0) is 6.81. The third kappa shape index (κ3) is 1.74. The summed E-state index contributed by atoms with van der Waals surface area (Å²) in [4.78, 5) is 0. The minimum Gasteiger partial charge on any atom is -0.0528 e. The highest BCUT2D eigenvalue weighted by Crippen LogP contribution is 2.37. The van der Waals surface area contributed by atoms with Crippen LogP contribution < -0.4 is 0 Å². The van der Waals surface area contributed by atoms with E-state index in [0.29, 0.717) is 0 Å². The lowest BCUT2D eigenvalue weighted by atomic mass is 9.82. The van der Waals surface area contributed by atoms with E-state index in [1.54, 1.807) is 38.5 Å². The van der Waals surface area contributed by atoms with Crippen molar-refractivity contribution in [2.24, 2.45) is 11.8 Å². The predicted octanol–water partition coefficient (Wildman–Crippen LogP) is 3.37. The predicted molar refractivity (Wildman–Crippen MR) is 43.9 cm³/mol. The molecule has 0 heteroatoms. The van der Waals surface area contributed by atoms with E-state index in [4.69, 9.17) is 0 Å². The summed E-state index contributed by atoms with van der Waals surface area (Å²) in [6.45, 7) is 0. The molecule has 0 amide bonds. The maximum atomic E-state index is 1.55. The van der Waals surface area contributed by atoms with Gasteiger partial charge in [0.15, 0.2) is 0 Å². The Bertz CT molecular complexity index is 98.6. The molecule has 2 aliphatic rings. The molecule has 0 atom stereocenters. The van der Waals surface area contributed by atoms with Gasteiger partial charge in [0.05, 0.1) is 0 Å². The van der Waals surface area contributed by atoms with Gasteiger partial charge in [-0.1, -0.05) is 51.4 Å². The van der Waals surface area contributed by atoms with Crippen LogP contribution in [0.15, 0.2) is 0 Å². The molecule has 2 fully saturated rings. The van der Waals surface area contributed by atoms with Gasteiger partial charge in [0, 0.05) is 0 Å². The molecule has 0 spiro atoms. The maximum Gasteiger partial charge on any atom is -0.0414 e. The van der Waals surface area contributed by atoms with Crippen LogP contribution in [0.5, 0.6) is 0 Å². The fourth-order valence-corrected chi connectivity index (χ4v) is 1.88. The van der Waals surface area contributed by atoms with E-state index in [-0.39, 0.29) is 0 Å². The van der Waals surface area contributed by atoms with E-state index < -0.39 is 0 Å². The maximum absolute atomic E-state index is 1.55. The molecule has 0 aromatic rings. The second kappa shape index (κ2) is 2.94. The van der Waals surface area contributed by atoms with Crippen LogP contribution in [-0.4, -0.2) is 0 Å². The number of hydrogen-bond acceptors (Lipinski definition) is 0. The quantitative estimate of drug-likeness (QED) is 0.558. The molecule has 0 nitrogen and oxygen atoms in total. The average Bonchev–Trinajstić information content (AvgIpc) is 2.58. The highest BCUT2D eigenvalue weighted by atomic mass is 14.3. The normalized spacial score (nSPS) is 26.4. The van der Waals surface area contributed by atoms with E-state index in [0.717, 1.165) is 5.92 Å². The molecular formula is C10H18. The zero-order valence-electron chi connectivity index (χ0n) is 6.81. The first kappa shape index (κ1) is 6.69. The Morgan fingerprint density at radius 2 is 1.40 bits per heavy atom. The molecular weight excluding hydrogens is 120 g/mol. The Kier molecular flexibility index (Phi) is 1.97. The third-order valence-electron chi connectivity index (χ3n) is 3.15. The van der Waals surface area contributed by atoms with E-state index in [2.05, 4.69) is 0 Å². The van der Waals surface area contributed by atoms with Crippen molar-refractivity contribution in [1.29, 1.82) is 0 Å². The van der Waals surface area contributed by atoms with Crippen molar-refractivity contribution in [3.63, 3.8) is 0 Å². The molecule has 0 radical (unpaired) electrons. The van der Waals surface area contributed by atoms with Gasteiger partial charge in [0.25, 0.3) is 0 Å². The molecule has 2 aliphatic carbocycles. The molecule has 0 unspecified atom stereocenters. The van der Waals surface area contributed by atoms with Crippen molar-refractivity contribution in [2.75, 3.05) is 0 Å². The molecule has 0 N–H and O–H groups in total. The van der Waals surface area contributed by atoms with Crippen LogP contribution in [0.1, 0.15) is 51.4 Å². The van der Waals surface area contributed by atoms with Gasteiger partial charge in [0.1, 0.15) is 0 Å². The standard InChI is InChI=1S/C10H18/c1-3-9(4-1)5-2-6-10-7-8-10/h9-10H,1-8H2. The van der Waals surface area contributed by atoms with E-state index in [1.807, 2.05) is 0 Å². The van der Waals surface area contributed by atoms with E-state index in [9.17, 15) is 0 Å². The fourth-order valence-electron chi connectivity index (χ4n) is 1.88. The van der Waals surface area contributed by atoms with Crippen LogP contribution in [0.3, 0.4) is 0 Å². The lowest BCUT2D eigenvalue weighted by Gasteiger charge is -2.24. The van der Waals surface area contributed by atoms with Crippen LogP contribution in [0.2, 0.25) is 0 Å². The van der Waals surface area contributed by atoms with E-state index in [1.165, 1.54) is 18.8 Å². The van der Waals surface area contributed by atoms with Crippen LogP contribution in [-0.2, 0) is 0 Å². The van der Waals surface area contributed by atoms with Crippen molar-refractivity contribution in [3.05, 3.63) is 0 Å². The molecule has 2 saturated carbocycles. The van der Waals surface area contributed by atoms with Gasteiger partial charge < -0.3 is 0 Å². The highest BCUT2D eigenvalue weighted by molar-refractivity contribution is 4.75. The molecule has 0 bridgehead atoms. The molecule has 0 aromatic carbocycles. The summed E-state index contributed by atoms with van der Waals surface area (Å²) in [5, 5.41) is 0. The minimum atomic E-state index is 1.15. The number of rotatable bonds is 4. The van der Waals surface area contributed by atoms with Crippen molar-refractivity contribution in [1.82, 2.24) is 0 Å². The lowest BCUT2D eigenvalue weighted by molar-refractivity contribution is 0.285. The first-order chi connectivity index (χ1) is 4.95. The molecule has 0 aliphatic heterocycles. The molecule has 2 rings (SSSR count). The Labute approximate surface area is 64.0 Å². The van der Waals surface area contributed by atoms with Gasteiger partial charge in [-0.3, -0.25) is 0 Å². The van der Waals surface area contributed by atoms with Gasteiger partial charge in [-0.05, 0) is 11.8 Å². The Morgan fingerprint density at radius 1 is 0.800 bits per heavy atom. The minimum absolute atomic E-state index is 1.15. The summed E-state index contributed by atoms with van der Waals surface area (Å²) in [5.74, 6) is 2.32. The van der Waals surface area contributed by atoms with Crippen molar-refractivity contribution < 1.29 is 0 Å². The van der Waals surface area contributed by atoms with Crippen LogP contribution in [0, 0.1) is 11.8 Å². The first-order valence-corrected chi connectivity index (χ1v) is 4.95. The molecule has 0 saturated heterocycles. The fraction of sp³-hybridized carbons (Fsp3) is 1.00. The second-order valence-corrected chi connectivity index (χ2v) is 4.17. The summed E-state index contributed by atoms with van der Waals surface area (Å²) >= 11 is 0. The molecule has 0 heterocycles. The van der Waals surface area contributed by atoms with Crippen LogP contribution in [0.25, 0.3) is 0 Å². The lowest BCUT2D eigenvalue weighted by Crippen LogP contribution is -2.10. The third-order valence-corrected chi connectivity index (χ3v) is 3.15. The molecule has 10 heavy (non-hydrogen) atoms. The van der Waals surface area contributed by atoms with Crippen LogP contribution >= 0.6 is 0 Å². The topological polar surface area (TPSA) is 0 Å². The summed E-state index contributed by atoms with van der Waals surface area (Å²) < 4.78 is 0. The van der Waals surface area contributed by atoms with Crippen molar-refractivity contribution in [2.45, 2.75) is 51.4 Å². The van der Waals surface area contributed by atoms with Gasteiger partial charge >= 0.3 is 0 Å². The highest BCUT2D eigenvalue weighted by Gasteiger charge is 2.22. The average molecular weight is 138 g/mol. The van der Waals surface area contributed by atoms with Crippen molar-refractivity contribution in [3.8, 4) is 0 Å². The Balaban J connectivity index is 1.46. The summed E-state index contributed by atoms with van der Waals surface area (Å²) in [7, 11) is 0.